The number of rotatable bonds is 10. The van der Waals surface area contributed by atoms with Crippen LogP contribution in [0.5, 0.6) is 0 Å². The summed E-state index contributed by atoms with van der Waals surface area (Å²) in [5.41, 5.74) is 0.849. The molecule has 0 heterocycles. The van der Waals surface area contributed by atoms with Gasteiger partial charge in [0.15, 0.2) is 0 Å². The predicted molar refractivity (Wildman–Crippen MR) is 91.4 cm³/mol. The number of non-ortho nitro benzene ring substituents is 1. The summed E-state index contributed by atoms with van der Waals surface area (Å²) in [4.78, 5) is 12.8. The summed E-state index contributed by atoms with van der Waals surface area (Å²) in [7, 11) is 0. The molecule has 0 spiro atoms. The van der Waals surface area contributed by atoms with Gasteiger partial charge in [0, 0.05) is 29.7 Å². The molecular weight excluding hydrogens is 302 g/mol. The number of hydrogen-bond donors (Lipinski definition) is 1. The number of nitro benzene ring substituents is 1. The lowest BCUT2D eigenvalue weighted by Crippen LogP contribution is -2.28. The fourth-order valence-corrected chi connectivity index (χ4v) is 2.54. The second-order valence-corrected chi connectivity index (χ2v) is 5.89. The molecule has 1 atom stereocenters. The molecule has 0 radical (unpaired) electrons. The minimum atomic E-state index is -0.395. The van der Waals surface area contributed by atoms with E-state index in [1.165, 1.54) is 12.1 Å². The van der Waals surface area contributed by atoms with Gasteiger partial charge in [0.2, 0.25) is 0 Å². The monoisotopic (exact) mass is 327 g/mol. The number of nitro groups is 1. The fraction of sp³-hybridized carbons (Fsp3) is 0.625. The minimum Gasteiger partial charge on any atom is -0.310 e. The van der Waals surface area contributed by atoms with E-state index in [2.05, 4.69) is 31.0 Å². The minimum absolute atomic E-state index is 0.0791. The Hall–Kier alpha value is -1.17. The van der Waals surface area contributed by atoms with Crippen molar-refractivity contribution in [1.29, 1.82) is 0 Å². The first kappa shape index (κ1) is 18.9. The van der Waals surface area contributed by atoms with Gasteiger partial charge in [0.25, 0.3) is 5.69 Å². The van der Waals surface area contributed by atoms with E-state index < -0.39 is 4.92 Å². The maximum absolute atomic E-state index is 10.8. The van der Waals surface area contributed by atoms with Crippen molar-refractivity contribution in [2.75, 3.05) is 19.6 Å². The van der Waals surface area contributed by atoms with Gasteiger partial charge < -0.3 is 10.2 Å². The number of nitrogens with zero attached hydrogens (tertiary/aromatic N) is 2. The Balaban J connectivity index is 2.42. The highest BCUT2D eigenvalue weighted by Crippen LogP contribution is 2.22. The molecule has 0 aliphatic heterocycles. The third-order valence-electron chi connectivity index (χ3n) is 3.89. The summed E-state index contributed by atoms with van der Waals surface area (Å²) in [5.74, 6) is 0. The maximum Gasteiger partial charge on any atom is 0.269 e. The third-order valence-corrected chi connectivity index (χ3v) is 4.26. The first-order chi connectivity index (χ1) is 10.5. The molecule has 5 nitrogen and oxygen atoms in total. The van der Waals surface area contributed by atoms with E-state index in [4.69, 9.17) is 11.6 Å². The molecule has 0 saturated heterocycles. The van der Waals surface area contributed by atoms with Crippen LogP contribution in [0.2, 0.25) is 5.02 Å². The molecule has 0 saturated carbocycles. The summed E-state index contributed by atoms with van der Waals surface area (Å²) in [6.07, 6.45) is 2.21. The summed E-state index contributed by atoms with van der Waals surface area (Å²) in [6, 6.07) is 4.91. The second-order valence-electron chi connectivity index (χ2n) is 5.48. The molecule has 1 unspecified atom stereocenters. The quantitative estimate of drug-likeness (QED) is 0.524. The van der Waals surface area contributed by atoms with Gasteiger partial charge in [-0.1, -0.05) is 25.4 Å². The first-order valence-corrected chi connectivity index (χ1v) is 8.24. The summed E-state index contributed by atoms with van der Waals surface area (Å²) < 4.78 is 0. The van der Waals surface area contributed by atoms with Crippen molar-refractivity contribution in [3.05, 3.63) is 38.9 Å². The number of halogens is 1. The largest absolute Gasteiger partial charge is 0.310 e. The lowest BCUT2D eigenvalue weighted by Gasteiger charge is -2.20. The van der Waals surface area contributed by atoms with Crippen LogP contribution < -0.4 is 5.32 Å². The van der Waals surface area contributed by atoms with Crippen LogP contribution in [0, 0.1) is 10.1 Å². The van der Waals surface area contributed by atoms with Gasteiger partial charge in [-0.25, -0.2) is 0 Å². The zero-order valence-corrected chi connectivity index (χ0v) is 14.4. The van der Waals surface area contributed by atoms with Crippen molar-refractivity contribution < 1.29 is 4.92 Å². The molecule has 1 aromatic carbocycles. The molecule has 0 bridgehead atoms. The van der Waals surface area contributed by atoms with Crippen LogP contribution in [0.3, 0.4) is 0 Å². The predicted octanol–water partition coefficient (Wildman–Crippen LogP) is 3.85. The zero-order chi connectivity index (χ0) is 16.5. The Morgan fingerprint density at radius 1 is 1.36 bits per heavy atom. The fourth-order valence-electron chi connectivity index (χ4n) is 2.36. The Morgan fingerprint density at radius 2 is 2.05 bits per heavy atom. The van der Waals surface area contributed by atoms with Crippen LogP contribution in [-0.4, -0.2) is 35.5 Å². The molecule has 6 heteroatoms. The van der Waals surface area contributed by atoms with Gasteiger partial charge in [-0.15, -0.1) is 0 Å². The molecule has 0 fully saturated rings. The van der Waals surface area contributed by atoms with E-state index in [9.17, 15) is 10.1 Å². The van der Waals surface area contributed by atoms with E-state index >= 15 is 0 Å². The standard InChI is InChI=1S/C16H26ClN3O2/c1-4-19(5-2)10-6-7-13(3)18-12-14-11-15(20(21)22)8-9-16(14)17/h8-9,11,13,18H,4-7,10,12H2,1-3H3. The van der Waals surface area contributed by atoms with Crippen LogP contribution in [0.1, 0.15) is 39.2 Å². The summed E-state index contributed by atoms with van der Waals surface area (Å²) in [5, 5.41) is 14.8. The van der Waals surface area contributed by atoms with Crippen molar-refractivity contribution in [3.8, 4) is 0 Å². The number of hydrogen-bond acceptors (Lipinski definition) is 4. The van der Waals surface area contributed by atoms with E-state index in [1.54, 1.807) is 6.07 Å². The summed E-state index contributed by atoms with van der Waals surface area (Å²) in [6.45, 7) is 10.3. The van der Waals surface area contributed by atoms with Crippen molar-refractivity contribution in [2.45, 2.75) is 46.2 Å². The van der Waals surface area contributed by atoms with Gasteiger partial charge in [0.05, 0.1) is 4.92 Å². The Labute approximate surface area is 137 Å². The van der Waals surface area contributed by atoms with Crippen LogP contribution in [-0.2, 0) is 6.54 Å². The smallest absolute Gasteiger partial charge is 0.269 e. The second kappa shape index (κ2) is 9.77. The van der Waals surface area contributed by atoms with E-state index in [-0.39, 0.29) is 5.69 Å². The van der Waals surface area contributed by atoms with Crippen LogP contribution in [0.15, 0.2) is 18.2 Å². The molecule has 0 aliphatic rings. The lowest BCUT2D eigenvalue weighted by atomic mass is 10.1. The third kappa shape index (κ3) is 6.30. The van der Waals surface area contributed by atoms with Gasteiger partial charge in [-0.05, 0) is 51.0 Å². The molecule has 22 heavy (non-hydrogen) atoms. The van der Waals surface area contributed by atoms with Gasteiger partial charge in [0.1, 0.15) is 0 Å². The Morgan fingerprint density at radius 3 is 2.64 bits per heavy atom. The first-order valence-electron chi connectivity index (χ1n) is 7.86. The number of benzene rings is 1. The molecule has 124 valence electrons. The highest BCUT2D eigenvalue weighted by Gasteiger charge is 2.11. The van der Waals surface area contributed by atoms with Crippen LogP contribution in [0.25, 0.3) is 0 Å². The van der Waals surface area contributed by atoms with E-state index in [1.807, 2.05) is 0 Å². The number of nitrogens with one attached hydrogen (secondary N) is 1. The maximum atomic E-state index is 10.8. The van der Waals surface area contributed by atoms with Gasteiger partial charge in [-0.3, -0.25) is 10.1 Å². The molecule has 0 aromatic heterocycles. The summed E-state index contributed by atoms with van der Waals surface area (Å²) >= 11 is 6.10. The molecule has 1 N–H and O–H groups in total. The highest BCUT2D eigenvalue weighted by atomic mass is 35.5. The van der Waals surface area contributed by atoms with Crippen LogP contribution in [0.4, 0.5) is 5.69 Å². The van der Waals surface area contributed by atoms with Crippen molar-refractivity contribution in [1.82, 2.24) is 10.2 Å². The molecular formula is C16H26ClN3O2. The molecule has 1 aromatic rings. The van der Waals surface area contributed by atoms with Gasteiger partial charge >= 0.3 is 0 Å². The van der Waals surface area contributed by atoms with Crippen LogP contribution >= 0.6 is 11.6 Å². The van der Waals surface area contributed by atoms with Crippen molar-refractivity contribution >= 4 is 17.3 Å². The topological polar surface area (TPSA) is 58.4 Å². The average Bonchev–Trinajstić information content (AvgIpc) is 2.50. The molecule has 0 aliphatic carbocycles. The van der Waals surface area contributed by atoms with E-state index in [0.29, 0.717) is 17.6 Å². The highest BCUT2D eigenvalue weighted by molar-refractivity contribution is 6.31. The zero-order valence-electron chi connectivity index (χ0n) is 13.6. The van der Waals surface area contributed by atoms with E-state index in [0.717, 1.165) is 38.0 Å². The average molecular weight is 328 g/mol. The van der Waals surface area contributed by atoms with Crippen molar-refractivity contribution in [2.24, 2.45) is 0 Å². The Kier molecular flexibility index (Phi) is 8.38. The molecule has 1 rings (SSSR count). The molecule has 0 amide bonds. The SMILES string of the molecule is CCN(CC)CCCC(C)NCc1cc([N+](=O)[O-])ccc1Cl. The Bertz CT molecular complexity index is 478. The van der Waals surface area contributed by atoms with Gasteiger partial charge in [-0.2, -0.15) is 0 Å². The lowest BCUT2D eigenvalue weighted by molar-refractivity contribution is -0.384. The normalized spacial score (nSPS) is 12.6. The van der Waals surface area contributed by atoms with Crippen molar-refractivity contribution in [3.63, 3.8) is 0 Å².